The minimum atomic E-state index is -4.40. The quantitative estimate of drug-likeness (QED) is 0.621. The fourth-order valence-corrected chi connectivity index (χ4v) is 1.72. The van der Waals surface area contributed by atoms with Gasteiger partial charge in [0.1, 0.15) is 12.1 Å². The molecule has 24 heavy (non-hydrogen) atoms. The van der Waals surface area contributed by atoms with Gasteiger partial charge >= 0.3 is 12.1 Å². The zero-order chi connectivity index (χ0) is 18.5. The second kappa shape index (κ2) is 7.51. The molecule has 0 unspecified atom stereocenters. The van der Waals surface area contributed by atoms with E-state index in [1.165, 1.54) is 31.3 Å². The van der Waals surface area contributed by atoms with Crippen molar-refractivity contribution < 1.29 is 27.5 Å². The highest BCUT2D eigenvalue weighted by molar-refractivity contribution is 5.93. The van der Waals surface area contributed by atoms with Crippen LogP contribution in [0, 0.1) is 0 Å². The van der Waals surface area contributed by atoms with E-state index in [9.17, 15) is 22.8 Å². The van der Waals surface area contributed by atoms with Gasteiger partial charge in [-0.2, -0.15) is 13.2 Å². The maximum atomic E-state index is 12.5. The molecule has 0 bridgehead atoms. The van der Waals surface area contributed by atoms with E-state index in [4.69, 9.17) is 4.74 Å². The van der Waals surface area contributed by atoms with E-state index in [-0.39, 0.29) is 6.54 Å². The molecule has 1 aromatic rings. The first kappa shape index (κ1) is 19.7. The average molecular weight is 343 g/mol. The first-order valence-corrected chi connectivity index (χ1v) is 7.21. The number of carbonyl (C=O) groups is 2. The lowest BCUT2D eigenvalue weighted by molar-refractivity contribution is -0.157. The van der Waals surface area contributed by atoms with Crippen molar-refractivity contribution >= 4 is 18.0 Å². The lowest BCUT2D eigenvalue weighted by Crippen LogP contribution is -2.35. The Morgan fingerprint density at radius 3 is 2.12 bits per heavy atom. The van der Waals surface area contributed by atoms with E-state index >= 15 is 0 Å². The zero-order valence-electron chi connectivity index (χ0n) is 14.0. The Kier molecular flexibility index (Phi) is 6.17. The number of ether oxygens (including phenoxy) is 1. The summed E-state index contributed by atoms with van der Waals surface area (Å²) >= 11 is 0. The van der Waals surface area contributed by atoms with Gasteiger partial charge in [0.05, 0.1) is 5.56 Å². The minimum absolute atomic E-state index is 0.215. The smallest absolute Gasteiger partial charge is 0.416 e. The molecule has 0 aliphatic rings. The minimum Gasteiger partial charge on any atom is -0.459 e. The molecule has 4 nitrogen and oxygen atoms in total. The topological polar surface area (TPSA) is 46.6 Å². The molecule has 1 aromatic carbocycles. The van der Waals surface area contributed by atoms with Gasteiger partial charge in [-0.05, 0) is 44.5 Å². The fourth-order valence-electron chi connectivity index (χ4n) is 1.72. The van der Waals surface area contributed by atoms with Crippen LogP contribution in [0.3, 0.4) is 0 Å². The number of rotatable bonds is 4. The largest absolute Gasteiger partial charge is 0.459 e. The van der Waals surface area contributed by atoms with Crippen LogP contribution in [-0.2, 0) is 20.5 Å². The van der Waals surface area contributed by atoms with Crippen LogP contribution in [0.15, 0.2) is 30.3 Å². The van der Waals surface area contributed by atoms with Crippen molar-refractivity contribution in [2.45, 2.75) is 32.5 Å². The predicted octanol–water partition coefficient (Wildman–Crippen LogP) is 3.52. The molecule has 132 valence electrons. The summed E-state index contributed by atoms with van der Waals surface area (Å²) < 4.78 is 42.5. The highest BCUT2D eigenvalue weighted by Crippen LogP contribution is 2.29. The molecule has 0 radical (unpaired) electrons. The summed E-state index contributed by atoms with van der Waals surface area (Å²) in [5.74, 6) is -0.998. The number of carbonyl (C=O) groups excluding carboxylic acids is 2. The second-order valence-corrected chi connectivity index (χ2v) is 6.23. The van der Waals surface area contributed by atoms with Gasteiger partial charge in [0, 0.05) is 13.1 Å². The summed E-state index contributed by atoms with van der Waals surface area (Å²) in [5, 5.41) is 0. The van der Waals surface area contributed by atoms with Gasteiger partial charge in [-0.15, -0.1) is 0 Å². The lowest BCUT2D eigenvalue weighted by atomic mass is 10.1. The molecule has 0 N–H and O–H groups in total. The number of hydrogen-bond acceptors (Lipinski definition) is 3. The molecule has 0 heterocycles. The van der Waals surface area contributed by atoms with Gasteiger partial charge in [-0.25, -0.2) is 0 Å². The number of amides is 1. The second-order valence-electron chi connectivity index (χ2n) is 6.23. The molecule has 0 atom stereocenters. The average Bonchev–Trinajstić information content (AvgIpc) is 2.42. The number of esters is 1. The van der Waals surface area contributed by atoms with Crippen molar-refractivity contribution in [2.24, 2.45) is 0 Å². The van der Waals surface area contributed by atoms with E-state index < -0.39 is 29.2 Å². The molecular formula is C17H20F3NO3. The van der Waals surface area contributed by atoms with Gasteiger partial charge in [0.25, 0.3) is 0 Å². The highest BCUT2D eigenvalue weighted by atomic mass is 19.4. The SMILES string of the molecule is CN(CC(=O)OC(C)(C)C)C(=O)/C=C/c1ccc(C(F)(F)F)cc1. The van der Waals surface area contributed by atoms with Crippen LogP contribution in [-0.4, -0.2) is 36.0 Å². The summed E-state index contributed by atoms with van der Waals surface area (Å²) in [6, 6.07) is 4.41. The van der Waals surface area contributed by atoms with Crippen LogP contribution in [0.25, 0.3) is 6.08 Å². The van der Waals surface area contributed by atoms with Gasteiger partial charge < -0.3 is 9.64 Å². The molecule has 0 saturated heterocycles. The van der Waals surface area contributed by atoms with E-state index in [2.05, 4.69) is 0 Å². The third-order valence-corrected chi connectivity index (χ3v) is 2.82. The number of halogens is 3. The molecule has 7 heteroatoms. The lowest BCUT2D eigenvalue weighted by Gasteiger charge is -2.22. The Bertz CT molecular complexity index is 613. The number of hydrogen-bond donors (Lipinski definition) is 0. The van der Waals surface area contributed by atoms with Crippen molar-refractivity contribution in [2.75, 3.05) is 13.6 Å². The van der Waals surface area contributed by atoms with E-state index in [0.717, 1.165) is 17.0 Å². The van der Waals surface area contributed by atoms with Gasteiger partial charge in [-0.3, -0.25) is 9.59 Å². The fraction of sp³-hybridized carbons (Fsp3) is 0.412. The van der Waals surface area contributed by atoms with Gasteiger partial charge in [-0.1, -0.05) is 12.1 Å². The third-order valence-electron chi connectivity index (χ3n) is 2.82. The predicted molar refractivity (Wildman–Crippen MR) is 84.0 cm³/mol. The van der Waals surface area contributed by atoms with E-state index in [1.54, 1.807) is 20.8 Å². The van der Waals surface area contributed by atoms with Crippen LogP contribution >= 0.6 is 0 Å². The summed E-state index contributed by atoms with van der Waals surface area (Å²) in [6.45, 7) is 4.94. The number of likely N-dealkylation sites (N-methyl/N-ethyl adjacent to an activating group) is 1. The monoisotopic (exact) mass is 343 g/mol. The van der Waals surface area contributed by atoms with Crippen molar-refractivity contribution in [3.05, 3.63) is 41.5 Å². The van der Waals surface area contributed by atoms with E-state index in [1.807, 2.05) is 0 Å². The summed E-state index contributed by atoms with van der Waals surface area (Å²) in [4.78, 5) is 24.7. The summed E-state index contributed by atoms with van der Waals surface area (Å²) in [6.07, 6.45) is -1.83. The highest BCUT2D eigenvalue weighted by Gasteiger charge is 2.29. The van der Waals surface area contributed by atoms with Gasteiger partial charge in [0.2, 0.25) is 5.91 Å². The van der Waals surface area contributed by atoms with Crippen LogP contribution in [0.4, 0.5) is 13.2 Å². The van der Waals surface area contributed by atoms with E-state index in [0.29, 0.717) is 5.56 Å². The Morgan fingerprint density at radius 2 is 1.67 bits per heavy atom. The maximum absolute atomic E-state index is 12.5. The standard InChI is InChI=1S/C17H20F3NO3/c1-16(2,3)24-15(23)11-21(4)14(22)10-7-12-5-8-13(9-6-12)17(18,19)20/h5-10H,11H2,1-4H3/b10-7+. The molecule has 0 spiro atoms. The number of alkyl halides is 3. The molecule has 0 aliphatic heterocycles. The normalized spacial score (nSPS) is 12.3. The Labute approximate surface area is 138 Å². The Hall–Kier alpha value is -2.31. The zero-order valence-corrected chi connectivity index (χ0v) is 14.0. The van der Waals surface area contributed by atoms with Gasteiger partial charge in [0.15, 0.2) is 0 Å². The molecule has 0 fully saturated rings. The van der Waals surface area contributed by atoms with Crippen molar-refractivity contribution in [1.29, 1.82) is 0 Å². The molecule has 0 saturated carbocycles. The molecule has 1 rings (SSSR count). The van der Waals surface area contributed by atoms with Crippen LogP contribution in [0.1, 0.15) is 31.9 Å². The van der Waals surface area contributed by atoms with Crippen molar-refractivity contribution in [3.63, 3.8) is 0 Å². The molecular weight excluding hydrogens is 323 g/mol. The molecule has 0 aromatic heterocycles. The number of benzene rings is 1. The molecule has 0 aliphatic carbocycles. The van der Waals surface area contributed by atoms with Crippen molar-refractivity contribution in [1.82, 2.24) is 4.90 Å². The van der Waals surface area contributed by atoms with Crippen LogP contribution in [0.2, 0.25) is 0 Å². The summed E-state index contributed by atoms with van der Waals surface area (Å²) in [5.41, 5.74) is -0.952. The van der Waals surface area contributed by atoms with Crippen LogP contribution < -0.4 is 0 Å². The Balaban J connectivity index is 2.63. The Morgan fingerprint density at radius 1 is 1.12 bits per heavy atom. The maximum Gasteiger partial charge on any atom is 0.416 e. The summed E-state index contributed by atoms with van der Waals surface area (Å²) in [7, 11) is 1.43. The number of nitrogens with zero attached hydrogens (tertiary/aromatic N) is 1. The first-order chi connectivity index (χ1) is 10.9. The first-order valence-electron chi connectivity index (χ1n) is 7.21. The van der Waals surface area contributed by atoms with Crippen molar-refractivity contribution in [3.8, 4) is 0 Å². The molecule has 1 amide bonds. The third kappa shape index (κ3) is 6.85. The van der Waals surface area contributed by atoms with Crippen LogP contribution in [0.5, 0.6) is 0 Å².